The number of aryl methyl sites for hydroxylation is 2. The second-order valence-electron chi connectivity index (χ2n) is 8.71. The summed E-state index contributed by atoms with van der Waals surface area (Å²) in [5.41, 5.74) is 3.19. The van der Waals surface area contributed by atoms with Gasteiger partial charge in [-0.15, -0.1) is 0 Å². The summed E-state index contributed by atoms with van der Waals surface area (Å²) in [7, 11) is 0. The Kier molecular flexibility index (Phi) is 6.02. The molecule has 2 aliphatic rings. The lowest BCUT2D eigenvalue weighted by atomic mass is 9.73. The van der Waals surface area contributed by atoms with Gasteiger partial charge in [0.1, 0.15) is 17.8 Å². The molecule has 4 nitrogen and oxygen atoms in total. The Morgan fingerprint density at radius 1 is 1.11 bits per heavy atom. The SMILES string of the molecule is CCOC(C)O[C@@H]1[C@@H](OCc2c(C)cccc2C)[C@]2(C)CC[C@@]1(C(C)C)O2. The van der Waals surface area contributed by atoms with Gasteiger partial charge < -0.3 is 18.9 Å². The highest BCUT2D eigenvalue weighted by Crippen LogP contribution is 2.56. The van der Waals surface area contributed by atoms with Gasteiger partial charge >= 0.3 is 0 Å². The van der Waals surface area contributed by atoms with E-state index in [0.29, 0.717) is 19.1 Å². The molecule has 2 fully saturated rings. The first-order valence-corrected chi connectivity index (χ1v) is 10.4. The summed E-state index contributed by atoms with van der Waals surface area (Å²) in [5.74, 6) is 0.354. The average molecular weight is 377 g/mol. The summed E-state index contributed by atoms with van der Waals surface area (Å²) in [6.07, 6.45) is 1.52. The van der Waals surface area contributed by atoms with Crippen molar-refractivity contribution in [2.75, 3.05) is 6.61 Å². The Bertz CT molecular complexity index is 638. The highest BCUT2D eigenvalue weighted by atomic mass is 16.7. The fourth-order valence-electron chi connectivity index (χ4n) is 4.87. The first-order chi connectivity index (χ1) is 12.7. The van der Waals surface area contributed by atoms with Gasteiger partial charge in [-0.25, -0.2) is 0 Å². The summed E-state index contributed by atoms with van der Waals surface area (Å²) in [6.45, 7) is 16.1. The molecular weight excluding hydrogens is 340 g/mol. The maximum atomic E-state index is 6.66. The number of hydrogen-bond acceptors (Lipinski definition) is 4. The number of rotatable bonds is 8. The van der Waals surface area contributed by atoms with Crippen LogP contribution in [-0.2, 0) is 25.6 Å². The molecule has 0 N–H and O–H groups in total. The van der Waals surface area contributed by atoms with Gasteiger partial charge in [-0.05, 0) is 70.1 Å². The van der Waals surface area contributed by atoms with Gasteiger partial charge in [0, 0.05) is 6.61 Å². The molecular formula is C23H36O4. The number of hydrogen-bond donors (Lipinski definition) is 0. The molecule has 0 spiro atoms. The van der Waals surface area contributed by atoms with E-state index in [2.05, 4.69) is 52.8 Å². The molecule has 1 aromatic carbocycles. The van der Waals surface area contributed by atoms with Crippen molar-refractivity contribution in [2.45, 2.75) is 97.6 Å². The van der Waals surface area contributed by atoms with Crippen LogP contribution in [0.4, 0.5) is 0 Å². The topological polar surface area (TPSA) is 36.9 Å². The second kappa shape index (κ2) is 7.82. The molecule has 3 rings (SSSR count). The molecule has 0 aromatic heterocycles. The summed E-state index contributed by atoms with van der Waals surface area (Å²) in [5, 5.41) is 0. The molecule has 1 unspecified atom stereocenters. The third-order valence-electron chi connectivity index (χ3n) is 6.56. The molecule has 0 aliphatic carbocycles. The third kappa shape index (κ3) is 3.69. The Hall–Kier alpha value is -0.940. The van der Waals surface area contributed by atoms with Gasteiger partial charge in [-0.2, -0.15) is 0 Å². The van der Waals surface area contributed by atoms with Crippen molar-refractivity contribution in [1.82, 2.24) is 0 Å². The van der Waals surface area contributed by atoms with Crippen LogP contribution in [0.1, 0.15) is 64.2 Å². The Morgan fingerprint density at radius 3 is 2.37 bits per heavy atom. The highest BCUT2D eigenvalue weighted by Gasteiger charge is 2.68. The molecule has 1 aromatic rings. The van der Waals surface area contributed by atoms with Crippen LogP contribution in [-0.4, -0.2) is 36.3 Å². The zero-order valence-electron chi connectivity index (χ0n) is 18.0. The maximum Gasteiger partial charge on any atom is 0.155 e. The molecule has 27 heavy (non-hydrogen) atoms. The standard InChI is InChI=1S/C23H36O4/c1-8-24-18(6)26-21-20(22(7)12-13-23(21,27-22)15(2)3)25-14-19-16(4)10-9-11-17(19)5/h9-11,15,18,20-21H,8,12-14H2,1-7H3/t18?,20-,21-,22+,23+/m1/s1. The predicted octanol–water partition coefficient (Wildman–Crippen LogP) is 4.93. The van der Waals surface area contributed by atoms with Gasteiger partial charge in [-0.1, -0.05) is 32.0 Å². The van der Waals surface area contributed by atoms with Gasteiger partial charge in [0.15, 0.2) is 6.29 Å². The van der Waals surface area contributed by atoms with E-state index < -0.39 is 0 Å². The molecule has 2 saturated heterocycles. The number of ether oxygens (including phenoxy) is 4. The van der Waals surface area contributed by atoms with Crippen molar-refractivity contribution >= 4 is 0 Å². The predicted molar refractivity (Wildman–Crippen MR) is 107 cm³/mol. The fraction of sp³-hybridized carbons (Fsp3) is 0.739. The van der Waals surface area contributed by atoms with Crippen LogP contribution in [0.15, 0.2) is 18.2 Å². The lowest BCUT2D eigenvalue weighted by Gasteiger charge is -2.40. The first-order valence-electron chi connectivity index (χ1n) is 10.4. The van der Waals surface area contributed by atoms with Crippen molar-refractivity contribution in [3.63, 3.8) is 0 Å². The maximum absolute atomic E-state index is 6.66. The van der Waals surface area contributed by atoms with Crippen LogP contribution in [0.2, 0.25) is 0 Å². The van der Waals surface area contributed by atoms with Crippen molar-refractivity contribution in [3.8, 4) is 0 Å². The molecule has 5 atom stereocenters. The van der Waals surface area contributed by atoms with E-state index in [-0.39, 0.29) is 29.7 Å². The lowest BCUT2D eigenvalue weighted by molar-refractivity contribution is -0.216. The zero-order chi connectivity index (χ0) is 19.8. The van der Waals surface area contributed by atoms with Crippen LogP contribution >= 0.6 is 0 Å². The van der Waals surface area contributed by atoms with Gasteiger partial charge in [0.2, 0.25) is 0 Å². The normalized spacial score (nSPS) is 33.8. The monoisotopic (exact) mass is 376 g/mol. The molecule has 0 amide bonds. The quantitative estimate of drug-likeness (QED) is 0.603. The van der Waals surface area contributed by atoms with E-state index in [4.69, 9.17) is 18.9 Å². The van der Waals surface area contributed by atoms with Crippen molar-refractivity contribution < 1.29 is 18.9 Å². The lowest BCUT2D eigenvalue weighted by Crippen LogP contribution is -2.54. The van der Waals surface area contributed by atoms with E-state index in [1.54, 1.807) is 0 Å². The van der Waals surface area contributed by atoms with Gasteiger partial charge in [0.05, 0.1) is 12.2 Å². The summed E-state index contributed by atoms with van der Waals surface area (Å²) in [4.78, 5) is 0. The third-order valence-corrected chi connectivity index (χ3v) is 6.56. The van der Waals surface area contributed by atoms with Gasteiger partial charge in [-0.3, -0.25) is 0 Å². The molecule has 2 bridgehead atoms. The smallest absolute Gasteiger partial charge is 0.155 e. The molecule has 2 heterocycles. The van der Waals surface area contributed by atoms with Gasteiger partial charge in [0.25, 0.3) is 0 Å². The zero-order valence-corrected chi connectivity index (χ0v) is 18.0. The van der Waals surface area contributed by atoms with Crippen molar-refractivity contribution in [3.05, 3.63) is 34.9 Å². The second-order valence-corrected chi connectivity index (χ2v) is 8.71. The summed E-state index contributed by atoms with van der Waals surface area (Å²) < 4.78 is 25.3. The molecule has 0 saturated carbocycles. The highest BCUT2D eigenvalue weighted by molar-refractivity contribution is 5.33. The van der Waals surface area contributed by atoms with E-state index in [9.17, 15) is 0 Å². The molecule has 4 heteroatoms. The molecule has 0 radical (unpaired) electrons. The van der Waals surface area contributed by atoms with Crippen molar-refractivity contribution in [1.29, 1.82) is 0 Å². The van der Waals surface area contributed by atoms with Crippen LogP contribution in [0, 0.1) is 19.8 Å². The number of benzene rings is 1. The van der Waals surface area contributed by atoms with Crippen molar-refractivity contribution in [2.24, 2.45) is 5.92 Å². The van der Waals surface area contributed by atoms with Crippen LogP contribution < -0.4 is 0 Å². The van der Waals surface area contributed by atoms with Crippen LogP contribution in [0.5, 0.6) is 0 Å². The Labute approximate surface area is 164 Å². The first kappa shape index (κ1) is 20.8. The van der Waals surface area contributed by atoms with E-state index >= 15 is 0 Å². The van der Waals surface area contributed by atoms with Crippen LogP contribution in [0.3, 0.4) is 0 Å². The minimum atomic E-state index is -0.308. The Morgan fingerprint density at radius 2 is 1.78 bits per heavy atom. The summed E-state index contributed by atoms with van der Waals surface area (Å²) in [6, 6.07) is 6.39. The van der Waals surface area contributed by atoms with Crippen LogP contribution in [0.25, 0.3) is 0 Å². The minimum absolute atomic E-state index is 0.101. The summed E-state index contributed by atoms with van der Waals surface area (Å²) >= 11 is 0. The molecule has 2 aliphatic heterocycles. The van der Waals surface area contributed by atoms with E-state index in [1.807, 2.05) is 13.8 Å². The number of fused-ring (bicyclic) bond motifs is 2. The van der Waals surface area contributed by atoms with E-state index in [1.165, 1.54) is 16.7 Å². The average Bonchev–Trinajstić information content (AvgIpc) is 3.06. The van der Waals surface area contributed by atoms with E-state index in [0.717, 1.165) is 12.8 Å². The largest absolute Gasteiger partial charge is 0.368 e. The Balaban J connectivity index is 1.84. The minimum Gasteiger partial charge on any atom is -0.368 e. The molecule has 152 valence electrons. The fourth-order valence-corrected chi connectivity index (χ4v) is 4.87.